The number of nitro groups is 1. The summed E-state index contributed by atoms with van der Waals surface area (Å²) in [4.78, 5) is 10.3. The van der Waals surface area contributed by atoms with E-state index in [2.05, 4.69) is 0 Å². The molecule has 0 amide bonds. The van der Waals surface area contributed by atoms with E-state index < -0.39 is 4.92 Å². The Morgan fingerprint density at radius 2 is 1.15 bits per heavy atom. The minimum Gasteiger partial charge on any atom is -0.457 e. The first-order valence-electron chi connectivity index (χ1n) is 9.56. The third-order valence-electron chi connectivity index (χ3n) is 2.62. The van der Waals surface area contributed by atoms with Gasteiger partial charge in [-0.25, -0.2) is 0 Å². The topological polar surface area (TPSA) is 52.4 Å². The first-order chi connectivity index (χ1) is 12.6. The van der Waals surface area contributed by atoms with Gasteiger partial charge in [0.1, 0.15) is 11.5 Å². The predicted octanol–water partition coefficient (Wildman–Crippen LogP) is 8.11. The van der Waals surface area contributed by atoms with Gasteiger partial charge in [-0.15, -0.1) is 0 Å². The number of hydrogen-bond donors (Lipinski definition) is 0. The highest BCUT2D eigenvalue weighted by molar-refractivity contribution is 5.50. The minimum atomic E-state index is -0.397. The molecule has 0 fully saturated rings. The number of nitro benzene ring substituents is 1. The lowest BCUT2D eigenvalue weighted by atomic mass is 10.1. The van der Waals surface area contributed by atoms with Crippen LogP contribution in [0.5, 0.6) is 11.5 Å². The summed E-state index contributed by atoms with van der Waals surface area (Å²) in [5.74, 6) is 1.39. The Labute approximate surface area is 160 Å². The second-order valence-corrected chi connectivity index (χ2v) is 4.08. The first-order valence-corrected chi connectivity index (χ1v) is 9.56. The molecular weight excluding hydrogens is 326 g/mol. The van der Waals surface area contributed by atoms with Gasteiger partial charge >= 0.3 is 0 Å². The van der Waals surface area contributed by atoms with E-state index in [4.69, 9.17) is 4.74 Å². The molecule has 0 heterocycles. The van der Waals surface area contributed by atoms with Crippen molar-refractivity contribution >= 4 is 5.69 Å². The van der Waals surface area contributed by atoms with Gasteiger partial charge in [-0.05, 0) is 37.1 Å². The van der Waals surface area contributed by atoms with Gasteiger partial charge < -0.3 is 4.74 Å². The maximum absolute atomic E-state index is 10.7. The molecule has 0 N–H and O–H groups in total. The van der Waals surface area contributed by atoms with Crippen molar-refractivity contribution in [2.24, 2.45) is 0 Å². The van der Waals surface area contributed by atoms with E-state index in [1.165, 1.54) is 12.1 Å². The van der Waals surface area contributed by atoms with Crippen LogP contribution in [0.25, 0.3) is 0 Å². The zero-order valence-electron chi connectivity index (χ0n) is 18.2. The third kappa shape index (κ3) is 10.5. The molecule has 0 bridgehead atoms. The van der Waals surface area contributed by atoms with E-state index in [0.29, 0.717) is 5.75 Å². The Kier molecular flexibility index (Phi) is 20.8. The summed E-state index contributed by atoms with van der Waals surface area (Å²) in [5.41, 5.74) is 1.60. The molecule has 148 valence electrons. The van der Waals surface area contributed by atoms with Gasteiger partial charge in [-0.2, -0.15) is 0 Å². The molecule has 0 aromatic heterocycles. The Hall–Kier alpha value is -2.36. The number of ether oxygens (including phenoxy) is 1. The zero-order chi connectivity index (χ0) is 21.1. The molecule has 26 heavy (non-hydrogen) atoms. The van der Waals surface area contributed by atoms with Gasteiger partial charge in [0.05, 0.1) is 4.92 Å². The number of non-ortho nitro benzene ring substituents is 1. The Balaban J connectivity index is -0.000000585. The standard InChI is InChI=1S/C14H13NO3.4C2H6/c1-10-8-12(15(16)17)9-11(2)14(10)18-13-6-4-3-5-7-13;4*1-2/h3-9H,1-2H3;4*1-2H3. The van der Waals surface area contributed by atoms with Crippen LogP contribution in [0.3, 0.4) is 0 Å². The summed E-state index contributed by atoms with van der Waals surface area (Å²) >= 11 is 0. The second-order valence-electron chi connectivity index (χ2n) is 4.08. The van der Waals surface area contributed by atoms with Crippen molar-refractivity contribution in [3.8, 4) is 11.5 Å². The van der Waals surface area contributed by atoms with Crippen LogP contribution < -0.4 is 4.74 Å². The Bertz CT molecular complexity index is 558. The highest BCUT2D eigenvalue weighted by Crippen LogP contribution is 2.31. The first kappa shape index (κ1) is 28.4. The summed E-state index contributed by atoms with van der Waals surface area (Å²) in [5, 5.41) is 10.7. The maximum Gasteiger partial charge on any atom is 0.270 e. The average Bonchev–Trinajstić information content (AvgIpc) is 2.71. The van der Waals surface area contributed by atoms with E-state index >= 15 is 0 Å². The van der Waals surface area contributed by atoms with Crippen LogP contribution in [0, 0.1) is 24.0 Å². The van der Waals surface area contributed by atoms with E-state index in [1.807, 2.05) is 85.7 Å². The zero-order valence-corrected chi connectivity index (χ0v) is 18.2. The number of hydrogen-bond acceptors (Lipinski definition) is 3. The van der Waals surface area contributed by atoms with Crippen molar-refractivity contribution in [2.75, 3.05) is 0 Å². The smallest absolute Gasteiger partial charge is 0.270 e. The lowest BCUT2D eigenvalue weighted by molar-refractivity contribution is -0.385. The highest BCUT2D eigenvalue weighted by Gasteiger charge is 2.13. The molecule has 0 unspecified atom stereocenters. The Morgan fingerprint density at radius 3 is 1.50 bits per heavy atom. The molecule has 0 saturated heterocycles. The predicted molar refractivity (Wildman–Crippen MR) is 114 cm³/mol. The van der Waals surface area contributed by atoms with Gasteiger partial charge in [-0.1, -0.05) is 73.6 Å². The molecule has 0 aliphatic heterocycles. The fourth-order valence-corrected chi connectivity index (χ4v) is 1.80. The van der Waals surface area contributed by atoms with Crippen LogP contribution in [0.2, 0.25) is 0 Å². The minimum absolute atomic E-state index is 0.0883. The van der Waals surface area contributed by atoms with E-state index in [1.54, 1.807) is 13.8 Å². The molecule has 0 atom stereocenters. The molecule has 2 aromatic carbocycles. The third-order valence-corrected chi connectivity index (χ3v) is 2.62. The quantitative estimate of drug-likeness (QED) is 0.409. The fourth-order valence-electron chi connectivity index (χ4n) is 1.80. The molecule has 0 radical (unpaired) electrons. The van der Waals surface area contributed by atoms with Crippen LogP contribution >= 0.6 is 0 Å². The van der Waals surface area contributed by atoms with Gasteiger partial charge in [0.25, 0.3) is 5.69 Å². The van der Waals surface area contributed by atoms with E-state index in [0.717, 1.165) is 16.9 Å². The molecule has 4 nitrogen and oxygen atoms in total. The van der Waals surface area contributed by atoms with Crippen LogP contribution in [0.1, 0.15) is 66.5 Å². The molecule has 2 rings (SSSR count). The van der Waals surface area contributed by atoms with Crippen molar-refractivity contribution in [3.05, 3.63) is 63.7 Å². The van der Waals surface area contributed by atoms with E-state index in [9.17, 15) is 10.1 Å². The Morgan fingerprint density at radius 1 is 0.769 bits per heavy atom. The number of nitrogens with zero attached hydrogens (tertiary/aromatic N) is 1. The molecule has 0 aliphatic rings. The van der Waals surface area contributed by atoms with Gasteiger partial charge in [-0.3, -0.25) is 10.1 Å². The van der Waals surface area contributed by atoms with Gasteiger partial charge in [0, 0.05) is 12.1 Å². The molecule has 0 saturated carbocycles. The summed E-state index contributed by atoms with van der Waals surface area (Å²) in [6, 6.07) is 12.4. The van der Waals surface area contributed by atoms with Crippen LogP contribution in [-0.2, 0) is 0 Å². The second kappa shape index (κ2) is 19.0. The number of para-hydroxylation sites is 1. The molecule has 0 aliphatic carbocycles. The molecular formula is C22H37NO3. The number of rotatable bonds is 3. The normalized spacial score (nSPS) is 7.92. The summed E-state index contributed by atoms with van der Waals surface area (Å²) < 4.78 is 5.75. The largest absolute Gasteiger partial charge is 0.457 e. The van der Waals surface area contributed by atoms with Crippen molar-refractivity contribution in [3.63, 3.8) is 0 Å². The monoisotopic (exact) mass is 363 g/mol. The fraction of sp³-hybridized carbons (Fsp3) is 0.455. The van der Waals surface area contributed by atoms with Gasteiger partial charge in [0.15, 0.2) is 0 Å². The van der Waals surface area contributed by atoms with Crippen LogP contribution in [0.15, 0.2) is 42.5 Å². The molecule has 0 spiro atoms. The van der Waals surface area contributed by atoms with Gasteiger partial charge in [0.2, 0.25) is 0 Å². The summed E-state index contributed by atoms with van der Waals surface area (Å²) in [6.07, 6.45) is 0. The van der Waals surface area contributed by atoms with Crippen molar-refractivity contribution in [1.82, 2.24) is 0 Å². The SMILES string of the molecule is CC.CC.CC.CC.Cc1cc([N+](=O)[O-])cc(C)c1Oc1ccccc1. The summed E-state index contributed by atoms with van der Waals surface area (Å²) in [7, 11) is 0. The number of aryl methyl sites for hydroxylation is 2. The lowest BCUT2D eigenvalue weighted by Crippen LogP contribution is -1.95. The van der Waals surface area contributed by atoms with E-state index in [-0.39, 0.29) is 5.69 Å². The molecule has 2 aromatic rings. The van der Waals surface area contributed by atoms with Crippen molar-refractivity contribution < 1.29 is 9.66 Å². The average molecular weight is 364 g/mol. The summed E-state index contributed by atoms with van der Waals surface area (Å²) in [6.45, 7) is 19.6. The highest BCUT2D eigenvalue weighted by atomic mass is 16.6. The number of benzene rings is 2. The van der Waals surface area contributed by atoms with Crippen LogP contribution in [-0.4, -0.2) is 4.92 Å². The lowest BCUT2D eigenvalue weighted by Gasteiger charge is -2.11. The molecule has 4 heteroatoms. The van der Waals surface area contributed by atoms with Crippen molar-refractivity contribution in [1.29, 1.82) is 0 Å². The maximum atomic E-state index is 10.7. The van der Waals surface area contributed by atoms with Crippen LogP contribution in [0.4, 0.5) is 5.69 Å². The van der Waals surface area contributed by atoms with Crippen molar-refractivity contribution in [2.45, 2.75) is 69.2 Å².